The van der Waals surface area contributed by atoms with Gasteiger partial charge in [-0.1, -0.05) is 18.2 Å². The van der Waals surface area contributed by atoms with Gasteiger partial charge in [0, 0.05) is 18.8 Å². The van der Waals surface area contributed by atoms with Gasteiger partial charge >= 0.3 is 0 Å². The van der Waals surface area contributed by atoms with Gasteiger partial charge in [-0.3, -0.25) is 4.79 Å². The standard InChI is InChI=1S/C20H19FN4O2/c1-13-6-7-14(12-15(13)21)22-20(26)18-19(25-8-10-27-11-9-25)24-17-5-3-2-4-16(17)23-18/h2-7,12H,8-11H2,1H3,(H,22,26). The van der Waals surface area contributed by atoms with Crippen molar-refractivity contribution < 1.29 is 13.9 Å². The van der Waals surface area contributed by atoms with Crippen LogP contribution in [0.25, 0.3) is 11.0 Å². The number of ether oxygens (including phenoxy) is 1. The predicted octanol–water partition coefficient (Wildman–Crippen LogP) is 3.17. The highest BCUT2D eigenvalue weighted by Gasteiger charge is 2.23. The van der Waals surface area contributed by atoms with Gasteiger partial charge in [-0.25, -0.2) is 14.4 Å². The normalized spacial score (nSPS) is 14.4. The van der Waals surface area contributed by atoms with Crippen molar-refractivity contribution in [2.45, 2.75) is 6.92 Å². The largest absolute Gasteiger partial charge is 0.378 e. The molecule has 1 saturated heterocycles. The summed E-state index contributed by atoms with van der Waals surface area (Å²) in [4.78, 5) is 24.1. The van der Waals surface area contributed by atoms with E-state index in [1.165, 1.54) is 6.07 Å². The van der Waals surface area contributed by atoms with Crippen molar-refractivity contribution in [3.8, 4) is 0 Å². The van der Waals surface area contributed by atoms with Crippen LogP contribution in [0.3, 0.4) is 0 Å². The molecule has 3 aromatic rings. The summed E-state index contributed by atoms with van der Waals surface area (Å²) < 4.78 is 19.2. The van der Waals surface area contributed by atoms with E-state index in [9.17, 15) is 9.18 Å². The monoisotopic (exact) mass is 366 g/mol. The van der Waals surface area contributed by atoms with E-state index in [0.717, 1.165) is 5.52 Å². The molecule has 0 radical (unpaired) electrons. The van der Waals surface area contributed by atoms with Gasteiger partial charge in [0.15, 0.2) is 11.5 Å². The van der Waals surface area contributed by atoms with E-state index >= 15 is 0 Å². The molecule has 0 aliphatic carbocycles. The van der Waals surface area contributed by atoms with E-state index in [0.29, 0.717) is 48.9 Å². The van der Waals surface area contributed by atoms with Gasteiger partial charge < -0.3 is 15.0 Å². The minimum absolute atomic E-state index is 0.219. The number of carbonyl (C=O) groups is 1. The first-order valence-electron chi connectivity index (χ1n) is 8.79. The molecule has 0 saturated carbocycles. The molecule has 27 heavy (non-hydrogen) atoms. The van der Waals surface area contributed by atoms with Crippen molar-refractivity contribution in [1.82, 2.24) is 9.97 Å². The molecule has 138 valence electrons. The summed E-state index contributed by atoms with van der Waals surface area (Å²) in [6.45, 7) is 4.07. The van der Waals surface area contributed by atoms with Crippen molar-refractivity contribution >= 4 is 28.4 Å². The number of rotatable bonds is 3. The third-order valence-corrected chi connectivity index (χ3v) is 4.51. The minimum Gasteiger partial charge on any atom is -0.378 e. The number of para-hydroxylation sites is 2. The fourth-order valence-corrected chi connectivity index (χ4v) is 3.00. The Labute approximate surface area is 156 Å². The molecule has 2 aromatic carbocycles. The number of halogens is 1. The first kappa shape index (κ1) is 17.4. The van der Waals surface area contributed by atoms with Crippen LogP contribution in [-0.4, -0.2) is 42.2 Å². The lowest BCUT2D eigenvalue weighted by molar-refractivity contribution is 0.102. The average molecular weight is 366 g/mol. The minimum atomic E-state index is -0.419. The van der Waals surface area contributed by atoms with Gasteiger partial charge in [0.05, 0.1) is 24.2 Å². The first-order chi connectivity index (χ1) is 13.1. The third kappa shape index (κ3) is 3.59. The lowest BCUT2D eigenvalue weighted by Crippen LogP contribution is -2.38. The Kier molecular flexibility index (Phi) is 4.68. The average Bonchev–Trinajstić information content (AvgIpc) is 2.70. The number of carbonyl (C=O) groups excluding carboxylic acids is 1. The van der Waals surface area contributed by atoms with E-state index in [1.54, 1.807) is 19.1 Å². The van der Waals surface area contributed by atoms with Gasteiger partial charge in [0.2, 0.25) is 0 Å². The molecule has 0 unspecified atom stereocenters. The summed E-state index contributed by atoms with van der Waals surface area (Å²) in [7, 11) is 0. The Hall–Kier alpha value is -3.06. The van der Waals surface area contributed by atoms with E-state index in [1.807, 2.05) is 29.2 Å². The molecule has 0 atom stereocenters. The first-order valence-corrected chi connectivity index (χ1v) is 8.79. The Balaban J connectivity index is 1.73. The van der Waals surface area contributed by atoms with Crippen molar-refractivity contribution in [3.63, 3.8) is 0 Å². The predicted molar refractivity (Wildman–Crippen MR) is 102 cm³/mol. The van der Waals surface area contributed by atoms with Gasteiger partial charge in [-0.2, -0.15) is 0 Å². The lowest BCUT2D eigenvalue weighted by Gasteiger charge is -2.29. The number of aryl methyl sites for hydroxylation is 1. The van der Waals surface area contributed by atoms with Gasteiger partial charge in [-0.15, -0.1) is 0 Å². The maximum absolute atomic E-state index is 13.8. The number of morpholine rings is 1. The van der Waals surface area contributed by atoms with Crippen LogP contribution in [0.4, 0.5) is 15.9 Å². The molecule has 4 rings (SSSR count). The highest BCUT2D eigenvalue weighted by Crippen LogP contribution is 2.23. The second-order valence-electron chi connectivity index (χ2n) is 6.40. The number of hydrogen-bond acceptors (Lipinski definition) is 5. The second-order valence-corrected chi connectivity index (χ2v) is 6.40. The van der Waals surface area contributed by atoms with Crippen LogP contribution in [0, 0.1) is 12.7 Å². The maximum atomic E-state index is 13.8. The summed E-state index contributed by atoms with van der Waals surface area (Å²) in [5.41, 5.74) is 2.47. The number of aromatic nitrogens is 2. The van der Waals surface area contributed by atoms with Crippen LogP contribution in [0.5, 0.6) is 0 Å². The molecule has 1 aliphatic heterocycles. The summed E-state index contributed by atoms with van der Waals surface area (Å²) in [6.07, 6.45) is 0. The van der Waals surface area contributed by atoms with E-state index in [2.05, 4.69) is 15.3 Å². The maximum Gasteiger partial charge on any atom is 0.278 e. The molecule has 0 bridgehead atoms. The third-order valence-electron chi connectivity index (χ3n) is 4.51. The lowest BCUT2D eigenvalue weighted by atomic mass is 10.2. The Morgan fingerprint density at radius 1 is 1.11 bits per heavy atom. The zero-order chi connectivity index (χ0) is 18.8. The fourth-order valence-electron chi connectivity index (χ4n) is 3.00. The quantitative estimate of drug-likeness (QED) is 0.771. The van der Waals surface area contributed by atoms with Gasteiger partial charge in [0.1, 0.15) is 5.82 Å². The molecule has 2 heterocycles. The molecule has 1 aromatic heterocycles. The molecule has 1 N–H and O–H groups in total. The summed E-state index contributed by atoms with van der Waals surface area (Å²) in [5, 5.41) is 2.73. The van der Waals surface area contributed by atoms with Crippen molar-refractivity contribution in [3.05, 3.63) is 59.5 Å². The van der Waals surface area contributed by atoms with Crippen molar-refractivity contribution in [2.24, 2.45) is 0 Å². The number of benzene rings is 2. The molecule has 1 aliphatic rings. The van der Waals surface area contributed by atoms with E-state index in [4.69, 9.17) is 4.74 Å². The molecule has 1 fully saturated rings. The van der Waals surface area contributed by atoms with Crippen molar-refractivity contribution in [1.29, 1.82) is 0 Å². The Morgan fingerprint density at radius 2 is 1.81 bits per heavy atom. The molecule has 1 amide bonds. The molecule has 7 heteroatoms. The Morgan fingerprint density at radius 3 is 2.52 bits per heavy atom. The van der Waals surface area contributed by atoms with E-state index in [-0.39, 0.29) is 11.5 Å². The van der Waals surface area contributed by atoms with Crippen LogP contribution in [0.1, 0.15) is 16.1 Å². The second kappa shape index (κ2) is 7.28. The number of anilines is 2. The summed E-state index contributed by atoms with van der Waals surface area (Å²) in [5.74, 6) is -0.272. The molecular formula is C20H19FN4O2. The van der Waals surface area contributed by atoms with E-state index < -0.39 is 5.91 Å². The fraction of sp³-hybridized carbons (Fsp3) is 0.250. The Bertz CT molecular complexity index is 1000. The van der Waals surface area contributed by atoms with Crippen LogP contribution < -0.4 is 10.2 Å². The summed E-state index contributed by atoms with van der Waals surface area (Å²) >= 11 is 0. The number of amides is 1. The van der Waals surface area contributed by atoms with Crippen molar-refractivity contribution in [2.75, 3.05) is 36.5 Å². The molecule has 6 nitrogen and oxygen atoms in total. The molecular weight excluding hydrogens is 347 g/mol. The van der Waals surface area contributed by atoms with Gasteiger partial charge in [-0.05, 0) is 36.8 Å². The van der Waals surface area contributed by atoms with Crippen LogP contribution in [-0.2, 0) is 4.74 Å². The zero-order valence-electron chi connectivity index (χ0n) is 14.9. The highest BCUT2D eigenvalue weighted by molar-refractivity contribution is 6.07. The van der Waals surface area contributed by atoms with Crippen LogP contribution in [0.15, 0.2) is 42.5 Å². The zero-order valence-corrected chi connectivity index (χ0v) is 14.9. The highest BCUT2D eigenvalue weighted by atomic mass is 19.1. The SMILES string of the molecule is Cc1ccc(NC(=O)c2nc3ccccc3nc2N2CCOCC2)cc1F. The topological polar surface area (TPSA) is 67.4 Å². The smallest absolute Gasteiger partial charge is 0.278 e. The van der Waals surface area contributed by atoms with Crippen LogP contribution in [0.2, 0.25) is 0 Å². The van der Waals surface area contributed by atoms with Gasteiger partial charge in [0.25, 0.3) is 5.91 Å². The number of nitrogens with one attached hydrogen (secondary N) is 1. The number of fused-ring (bicyclic) bond motifs is 1. The molecule has 0 spiro atoms. The number of hydrogen-bond donors (Lipinski definition) is 1. The van der Waals surface area contributed by atoms with Crippen LogP contribution >= 0.6 is 0 Å². The summed E-state index contributed by atoms with van der Waals surface area (Å²) in [6, 6.07) is 12.0. The number of nitrogens with zero attached hydrogens (tertiary/aromatic N) is 3.